The van der Waals surface area contributed by atoms with Crippen molar-refractivity contribution in [2.24, 2.45) is 7.05 Å². The molecule has 7 heteroatoms. The van der Waals surface area contributed by atoms with Gasteiger partial charge < -0.3 is 10.2 Å². The Morgan fingerprint density at radius 3 is 2.60 bits per heavy atom. The van der Waals surface area contributed by atoms with E-state index < -0.39 is 0 Å². The fourth-order valence-electron chi connectivity index (χ4n) is 2.98. The number of aromatic nitrogens is 2. The predicted molar refractivity (Wildman–Crippen MR) is 99.2 cm³/mol. The number of hydrogen-bond acceptors (Lipinski definition) is 4. The molecule has 1 aromatic heterocycles. The molecule has 1 atom stereocenters. The number of rotatable bonds is 3. The Hall–Kier alpha value is -2.18. The molecule has 2 aromatic rings. The van der Waals surface area contributed by atoms with Crippen LogP contribution >= 0.6 is 12.4 Å². The van der Waals surface area contributed by atoms with E-state index in [9.17, 15) is 9.59 Å². The summed E-state index contributed by atoms with van der Waals surface area (Å²) in [5, 5.41) is 7.45. The molecule has 1 unspecified atom stereocenters. The van der Waals surface area contributed by atoms with Gasteiger partial charge in [0.15, 0.2) is 0 Å². The monoisotopic (exact) mass is 362 g/mol. The van der Waals surface area contributed by atoms with Crippen molar-refractivity contribution in [2.75, 3.05) is 19.6 Å². The molecule has 0 radical (unpaired) electrons. The van der Waals surface area contributed by atoms with E-state index >= 15 is 0 Å². The van der Waals surface area contributed by atoms with Crippen LogP contribution in [0.5, 0.6) is 0 Å². The van der Waals surface area contributed by atoms with Crippen LogP contribution in [0.25, 0.3) is 0 Å². The molecule has 2 heterocycles. The summed E-state index contributed by atoms with van der Waals surface area (Å²) in [7, 11) is 1.55. The summed E-state index contributed by atoms with van der Waals surface area (Å²) in [6.45, 7) is 4.20. The van der Waals surface area contributed by atoms with E-state index in [1.54, 1.807) is 7.05 Å². The Bertz CT molecular complexity index is 788. The lowest BCUT2D eigenvalue weighted by Gasteiger charge is -2.36. The molecule has 134 valence electrons. The minimum atomic E-state index is -0.224. The predicted octanol–water partition coefficient (Wildman–Crippen LogP) is 1.55. The van der Waals surface area contributed by atoms with E-state index in [1.165, 1.54) is 22.4 Å². The number of carbonyl (C=O) groups is 1. The lowest BCUT2D eigenvalue weighted by molar-refractivity contribution is 0.0625. The van der Waals surface area contributed by atoms with Crippen LogP contribution in [0.15, 0.2) is 41.2 Å². The maximum Gasteiger partial charge on any atom is 0.274 e. The summed E-state index contributed by atoms with van der Waals surface area (Å²) in [5.74, 6) is -0.142. The van der Waals surface area contributed by atoms with Crippen LogP contribution in [0.4, 0.5) is 0 Å². The SMILES string of the molecule is CCc1ccc(C2CNCCN2C(=O)c2ccc(=O)n(C)n2)cc1.Cl. The smallest absolute Gasteiger partial charge is 0.274 e. The minimum Gasteiger partial charge on any atom is -0.328 e. The van der Waals surface area contributed by atoms with Crippen LogP contribution in [0, 0.1) is 0 Å². The van der Waals surface area contributed by atoms with E-state index in [-0.39, 0.29) is 29.9 Å². The standard InChI is InChI=1S/C18H22N4O2.ClH/c1-3-13-4-6-14(7-5-13)16-12-19-10-11-22(16)18(24)15-8-9-17(23)21(2)20-15;/h4-9,16,19H,3,10-12H2,1-2H3;1H. The van der Waals surface area contributed by atoms with E-state index in [1.807, 2.05) is 4.90 Å². The van der Waals surface area contributed by atoms with E-state index in [4.69, 9.17) is 0 Å². The summed E-state index contributed by atoms with van der Waals surface area (Å²) in [4.78, 5) is 26.2. The van der Waals surface area contributed by atoms with Crippen molar-refractivity contribution < 1.29 is 4.79 Å². The zero-order valence-electron chi connectivity index (χ0n) is 14.4. The Labute approximate surface area is 153 Å². The third kappa shape index (κ3) is 4.08. The molecule has 1 amide bonds. The number of amides is 1. The summed E-state index contributed by atoms with van der Waals surface area (Å²) in [5.41, 5.74) is 2.46. The van der Waals surface area contributed by atoms with Crippen molar-refractivity contribution in [1.29, 1.82) is 0 Å². The van der Waals surface area contributed by atoms with Crippen molar-refractivity contribution in [3.63, 3.8) is 0 Å². The van der Waals surface area contributed by atoms with Crippen LogP contribution in [0.3, 0.4) is 0 Å². The number of nitrogens with zero attached hydrogens (tertiary/aromatic N) is 3. The van der Waals surface area contributed by atoms with Crippen molar-refractivity contribution in [3.05, 3.63) is 63.6 Å². The minimum absolute atomic E-state index is 0. The molecule has 0 bridgehead atoms. The fourth-order valence-corrected chi connectivity index (χ4v) is 2.98. The molecular weight excluding hydrogens is 340 g/mol. The number of carbonyl (C=O) groups excluding carboxylic acids is 1. The van der Waals surface area contributed by atoms with Crippen molar-refractivity contribution in [1.82, 2.24) is 20.0 Å². The van der Waals surface area contributed by atoms with Crippen molar-refractivity contribution in [3.8, 4) is 0 Å². The van der Waals surface area contributed by atoms with Crippen molar-refractivity contribution in [2.45, 2.75) is 19.4 Å². The van der Waals surface area contributed by atoms with Crippen LogP contribution < -0.4 is 10.9 Å². The Morgan fingerprint density at radius 2 is 1.96 bits per heavy atom. The van der Waals surface area contributed by atoms with Crippen LogP contribution in [0.2, 0.25) is 0 Å². The molecule has 1 fully saturated rings. The number of hydrogen-bond donors (Lipinski definition) is 1. The fraction of sp³-hybridized carbons (Fsp3) is 0.389. The first-order chi connectivity index (χ1) is 11.6. The zero-order valence-corrected chi connectivity index (χ0v) is 15.3. The maximum absolute atomic E-state index is 12.9. The highest BCUT2D eigenvalue weighted by molar-refractivity contribution is 5.92. The Kier molecular flexibility index (Phi) is 6.33. The molecule has 3 rings (SSSR count). The van der Waals surface area contributed by atoms with Crippen LogP contribution in [-0.2, 0) is 13.5 Å². The van der Waals surface area contributed by atoms with Gasteiger partial charge in [-0.25, -0.2) is 4.68 Å². The summed E-state index contributed by atoms with van der Waals surface area (Å²) in [6, 6.07) is 11.2. The normalized spacial score (nSPS) is 17.0. The highest BCUT2D eigenvalue weighted by Crippen LogP contribution is 2.24. The molecule has 0 spiro atoms. The molecule has 1 saturated heterocycles. The molecule has 1 N–H and O–H groups in total. The second-order valence-electron chi connectivity index (χ2n) is 5.99. The lowest BCUT2D eigenvalue weighted by atomic mass is 10.0. The zero-order chi connectivity index (χ0) is 17.1. The van der Waals surface area contributed by atoms with Gasteiger partial charge in [-0.15, -0.1) is 12.4 Å². The lowest BCUT2D eigenvalue weighted by Crippen LogP contribution is -2.49. The second-order valence-corrected chi connectivity index (χ2v) is 5.99. The van der Waals surface area contributed by atoms with Crippen molar-refractivity contribution >= 4 is 18.3 Å². The van der Waals surface area contributed by atoms with E-state index in [0.29, 0.717) is 18.8 Å². The first kappa shape index (κ1) is 19.1. The van der Waals surface area contributed by atoms with Crippen LogP contribution in [-0.4, -0.2) is 40.2 Å². The van der Waals surface area contributed by atoms with Gasteiger partial charge >= 0.3 is 0 Å². The first-order valence-electron chi connectivity index (χ1n) is 8.25. The highest BCUT2D eigenvalue weighted by atomic mass is 35.5. The quantitative estimate of drug-likeness (QED) is 0.899. The summed E-state index contributed by atoms with van der Waals surface area (Å²) < 4.78 is 1.19. The van der Waals surface area contributed by atoms with E-state index in [2.05, 4.69) is 41.6 Å². The second kappa shape index (κ2) is 8.27. The maximum atomic E-state index is 12.9. The topological polar surface area (TPSA) is 67.2 Å². The van der Waals surface area contributed by atoms with Gasteiger partial charge in [0.25, 0.3) is 11.5 Å². The van der Waals surface area contributed by atoms with Gasteiger partial charge in [-0.2, -0.15) is 5.10 Å². The molecule has 0 aliphatic carbocycles. The molecule has 1 aromatic carbocycles. The van der Waals surface area contributed by atoms with Gasteiger partial charge in [0.05, 0.1) is 6.04 Å². The molecular formula is C18H23ClN4O2. The molecule has 25 heavy (non-hydrogen) atoms. The number of benzene rings is 1. The highest BCUT2D eigenvalue weighted by Gasteiger charge is 2.29. The average Bonchev–Trinajstić information content (AvgIpc) is 2.63. The summed E-state index contributed by atoms with van der Waals surface area (Å²) >= 11 is 0. The van der Waals surface area contributed by atoms with E-state index in [0.717, 1.165) is 18.5 Å². The van der Waals surface area contributed by atoms with Gasteiger partial charge in [0, 0.05) is 32.7 Å². The molecule has 1 aliphatic heterocycles. The van der Waals surface area contributed by atoms with Gasteiger partial charge in [0.2, 0.25) is 0 Å². The number of aryl methyl sites for hydroxylation is 2. The third-order valence-electron chi connectivity index (χ3n) is 4.46. The van der Waals surface area contributed by atoms with Gasteiger partial charge in [-0.3, -0.25) is 9.59 Å². The number of nitrogens with one attached hydrogen (secondary N) is 1. The number of piperazine rings is 1. The van der Waals surface area contributed by atoms with Gasteiger partial charge in [-0.05, 0) is 23.6 Å². The number of halogens is 1. The molecule has 6 nitrogen and oxygen atoms in total. The van der Waals surface area contributed by atoms with Gasteiger partial charge in [0.1, 0.15) is 5.69 Å². The first-order valence-corrected chi connectivity index (χ1v) is 8.25. The Balaban J connectivity index is 0.00000225. The van der Waals surface area contributed by atoms with Gasteiger partial charge in [-0.1, -0.05) is 31.2 Å². The third-order valence-corrected chi connectivity index (χ3v) is 4.46. The summed E-state index contributed by atoms with van der Waals surface area (Å²) in [6.07, 6.45) is 0.994. The Morgan fingerprint density at radius 1 is 1.24 bits per heavy atom. The molecule has 0 saturated carbocycles. The average molecular weight is 363 g/mol. The largest absolute Gasteiger partial charge is 0.328 e. The van der Waals surface area contributed by atoms with Crippen LogP contribution in [0.1, 0.15) is 34.6 Å². The molecule has 1 aliphatic rings.